The molecular weight excluding hydrogens is 94.0 g/mol. The van der Waals surface area contributed by atoms with Gasteiger partial charge >= 0.3 is 0 Å². The van der Waals surface area contributed by atoms with Crippen molar-refractivity contribution in [2.24, 2.45) is 0 Å². The van der Waals surface area contributed by atoms with Crippen molar-refractivity contribution >= 4 is 6.29 Å². The lowest BCUT2D eigenvalue weighted by Gasteiger charge is -2.30. The summed E-state index contributed by atoms with van der Waals surface area (Å²) < 4.78 is 0. The molecule has 3 heteroatoms. The van der Waals surface area contributed by atoms with Crippen LogP contribution in [-0.2, 0) is 4.79 Å². The Bertz CT molecular complexity index is 87.7. The summed E-state index contributed by atoms with van der Waals surface area (Å²) in [6, 6.07) is 0. The quantitative estimate of drug-likeness (QED) is 0.418. The number of aliphatic hydroxyl groups is 1. The van der Waals surface area contributed by atoms with Gasteiger partial charge in [0, 0.05) is 13.1 Å². The first-order valence-corrected chi connectivity index (χ1v) is 2.09. The van der Waals surface area contributed by atoms with Crippen molar-refractivity contribution in [3.05, 3.63) is 0 Å². The Kier molecular flexibility index (Phi) is 0.867. The number of hydrogen-bond donors (Lipinski definition) is 2. The van der Waals surface area contributed by atoms with Gasteiger partial charge < -0.3 is 10.4 Å². The van der Waals surface area contributed by atoms with E-state index in [1.54, 1.807) is 0 Å². The van der Waals surface area contributed by atoms with Gasteiger partial charge in [-0.3, -0.25) is 4.79 Å². The van der Waals surface area contributed by atoms with Crippen LogP contribution in [0.4, 0.5) is 0 Å². The Morgan fingerprint density at radius 1 is 1.71 bits per heavy atom. The Morgan fingerprint density at radius 2 is 2.29 bits per heavy atom. The van der Waals surface area contributed by atoms with E-state index in [4.69, 9.17) is 5.11 Å². The summed E-state index contributed by atoms with van der Waals surface area (Å²) in [6.07, 6.45) is 1.52. The fraction of sp³-hybridized carbons (Fsp3) is 0.750. The average molecular weight is 100 g/mol. The van der Waals surface area contributed by atoms with Gasteiger partial charge in [-0.25, -0.2) is 0 Å². The molecule has 0 aliphatic carbocycles. The maximum Gasteiger partial charge on any atom is 0.235 e. The molecule has 0 unspecified atom stereocenters. The van der Waals surface area contributed by atoms with Crippen LogP contribution in [0.25, 0.3) is 0 Å². The number of β-amino-alcohol motifs (C(OH)–C–C–N with tert-alkyl or cyclic N) is 1. The van der Waals surface area contributed by atoms with Crippen molar-refractivity contribution in [2.45, 2.75) is 5.60 Å². The molecule has 1 heterocycles. The first-order valence-electron chi connectivity index (χ1n) is 2.09. The van der Waals surface area contributed by atoms with Gasteiger partial charge in [0.15, 0.2) is 5.60 Å². The van der Waals surface area contributed by atoms with Gasteiger partial charge in [-0.2, -0.15) is 0 Å². The van der Waals surface area contributed by atoms with E-state index in [1.807, 2.05) is 0 Å². The second-order valence-corrected chi connectivity index (χ2v) is 1.74. The predicted octanol–water partition coefficient (Wildman–Crippen LogP) is -1.57. The topological polar surface area (TPSA) is 49.3 Å². The minimum absolute atomic E-state index is 0.358. The molecule has 0 spiro atoms. The van der Waals surface area contributed by atoms with Crippen LogP contribution in [0.3, 0.4) is 0 Å². The van der Waals surface area contributed by atoms with Crippen LogP contribution in [0, 0.1) is 0 Å². The van der Waals surface area contributed by atoms with Gasteiger partial charge in [0.25, 0.3) is 0 Å². The summed E-state index contributed by atoms with van der Waals surface area (Å²) in [6.45, 7) is 0.715. The Hall–Kier alpha value is -0.410. The molecule has 1 fully saturated rings. The Labute approximate surface area is 41.3 Å². The highest BCUT2D eigenvalue weighted by Crippen LogP contribution is 2.04. The summed E-state index contributed by atoms with van der Waals surface area (Å²) >= 11 is 0. The molecule has 0 saturated carbocycles. The van der Waals surface area contributed by atoms with Crippen molar-refractivity contribution < 1.29 is 9.90 Å². The third kappa shape index (κ3) is 0.642. The number of nitrogens with one attached hydrogen (secondary N) is 1. The van der Waals surface area contributed by atoms with E-state index in [1.165, 1.54) is 6.29 Å². The molecule has 1 aliphatic heterocycles. The molecular formula is C4H6NO2. The van der Waals surface area contributed by atoms with Gasteiger partial charge in [-0.15, -0.1) is 0 Å². The SMILES string of the molecule is O=[C]C1(O)CNC1. The Balaban J connectivity index is 2.43. The van der Waals surface area contributed by atoms with Gasteiger partial charge in [0.1, 0.15) is 0 Å². The van der Waals surface area contributed by atoms with E-state index in [0.717, 1.165) is 0 Å². The Morgan fingerprint density at radius 3 is 2.29 bits per heavy atom. The summed E-state index contributed by atoms with van der Waals surface area (Å²) in [5.41, 5.74) is -1.15. The summed E-state index contributed by atoms with van der Waals surface area (Å²) in [7, 11) is 0. The molecule has 0 atom stereocenters. The van der Waals surface area contributed by atoms with Crippen LogP contribution in [0.1, 0.15) is 0 Å². The monoisotopic (exact) mass is 100 g/mol. The van der Waals surface area contributed by atoms with E-state index in [-0.39, 0.29) is 0 Å². The molecule has 1 aliphatic rings. The third-order valence-electron chi connectivity index (χ3n) is 1.02. The number of hydrogen-bond acceptors (Lipinski definition) is 3. The van der Waals surface area contributed by atoms with Crippen LogP contribution in [0.2, 0.25) is 0 Å². The highest BCUT2D eigenvalue weighted by atomic mass is 16.3. The summed E-state index contributed by atoms with van der Waals surface area (Å²) in [5, 5.41) is 11.5. The third-order valence-corrected chi connectivity index (χ3v) is 1.02. The summed E-state index contributed by atoms with van der Waals surface area (Å²) in [5.74, 6) is 0. The van der Waals surface area contributed by atoms with Crippen molar-refractivity contribution in [2.75, 3.05) is 13.1 Å². The van der Waals surface area contributed by atoms with Crippen molar-refractivity contribution in [1.29, 1.82) is 0 Å². The maximum atomic E-state index is 9.69. The second kappa shape index (κ2) is 1.28. The molecule has 0 aromatic carbocycles. The van der Waals surface area contributed by atoms with Gasteiger partial charge in [-0.1, -0.05) is 0 Å². The van der Waals surface area contributed by atoms with Crippen molar-refractivity contribution in [3.8, 4) is 0 Å². The zero-order valence-corrected chi connectivity index (χ0v) is 3.77. The number of rotatable bonds is 1. The normalized spacial score (nSPS) is 25.9. The molecule has 0 bridgehead atoms. The van der Waals surface area contributed by atoms with Crippen molar-refractivity contribution in [1.82, 2.24) is 5.32 Å². The molecule has 1 saturated heterocycles. The zero-order chi connectivity index (χ0) is 5.33. The average Bonchev–Trinajstić information content (AvgIpc) is 1.61. The van der Waals surface area contributed by atoms with E-state index in [9.17, 15) is 4.79 Å². The zero-order valence-electron chi connectivity index (χ0n) is 3.77. The van der Waals surface area contributed by atoms with Crippen molar-refractivity contribution in [3.63, 3.8) is 0 Å². The minimum atomic E-state index is -1.15. The molecule has 2 N–H and O–H groups in total. The van der Waals surface area contributed by atoms with E-state index < -0.39 is 5.60 Å². The van der Waals surface area contributed by atoms with Crippen LogP contribution >= 0.6 is 0 Å². The lowest BCUT2D eigenvalue weighted by molar-refractivity contribution is 0.0545. The van der Waals surface area contributed by atoms with Crippen LogP contribution in [0.5, 0.6) is 0 Å². The molecule has 0 aromatic heterocycles. The van der Waals surface area contributed by atoms with Crippen LogP contribution < -0.4 is 5.32 Å². The fourth-order valence-corrected chi connectivity index (χ4v) is 0.434. The highest BCUT2D eigenvalue weighted by molar-refractivity contribution is 5.65. The standard InChI is InChI=1S/C4H6NO2/c6-3-4(7)1-5-2-4/h5,7H,1-2H2. The number of carbonyl (C=O) groups excluding carboxylic acids is 1. The predicted molar refractivity (Wildman–Crippen MR) is 23.5 cm³/mol. The van der Waals surface area contributed by atoms with Crippen LogP contribution in [0.15, 0.2) is 0 Å². The van der Waals surface area contributed by atoms with E-state index in [0.29, 0.717) is 13.1 Å². The first kappa shape index (κ1) is 4.74. The molecule has 7 heavy (non-hydrogen) atoms. The molecule has 39 valence electrons. The van der Waals surface area contributed by atoms with Crippen LogP contribution in [-0.4, -0.2) is 30.1 Å². The smallest absolute Gasteiger partial charge is 0.235 e. The molecule has 1 radical (unpaired) electrons. The lowest BCUT2D eigenvalue weighted by Crippen LogP contribution is -2.60. The minimum Gasteiger partial charge on any atom is -0.379 e. The van der Waals surface area contributed by atoms with E-state index in [2.05, 4.69) is 5.32 Å². The molecule has 1 rings (SSSR count). The van der Waals surface area contributed by atoms with Gasteiger partial charge in [0.2, 0.25) is 6.29 Å². The second-order valence-electron chi connectivity index (χ2n) is 1.74. The largest absolute Gasteiger partial charge is 0.379 e. The van der Waals surface area contributed by atoms with E-state index >= 15 is 0 Å². The highest BCUT2D eigenvalue weighted by Gasteiger charge is 2.34. The molecule has 3 nitrogen and oxygen atoms in total. The van der Waals surface area contributed by atoms with Gasteiger partial charge in [-0.05, 0) is 0 Å². The lowest BCUT2D eigenvalue weighted by atomic mass is 10.0. The summed E-state index contributed by atoms with van der Waals surface area (Å²) in [4.78, 5) is 9.69. The van der Waals surface area contributed by atoms with Gasteiger partial charge in [0.05, 0.1) is 0 Å². The maximum absolute atomic E-state index is 9.69. The fourth-order valence-electron chi connectivity index (χ4n) is 0.434. The first-order chi connectivity index (χ1) is 3.27. The molecule has 0 aromatic rings. The molecule has 0 amide bonds.